The summed E-state index contributed by atoms with van der Waals surface area (Å²) in [5, 5.41) is 16.4. The average molecular weight is 561 g/mol. The van der Waals surface area contributed by atoms with E-state index in [9.17, 15) is 0 Å². The van der Waals surface area contributed by atoms with Crippen molar-refractivity contribution in [2.45, 2.75) is 58.3 Å². The first-order chi connectivity index (χ1) is 14.4. The Morgan fingerprint density at radius 3 is 2.58 bits per heavy atom. The summed E-state index contributed by atoms with van der Waals surface area (Å²) < 4.78 is 8.26. The molecule has 9 heteroatoms. The van der Waals surface area contributed by atoms with Crippen molar-refractivity contribution in [3.8, 4) is 5.75 Å². The van der Waals surface area contributed by atoms with Gasteiger partial charge in [0.1, 0.15) is 17.7 Å². The number of guanidine groups is 1. The first kappa shape index (κ1) is 27.5. The maximum absolute atomic E-state index is 6.02. The van der Waals surface area contributed by atoms with Crippen molar-refractivity contribution in [3.05, 3.63) is 35.7 Å². The molecule has 0 aliphatic carbocycles. The van der Waals surface area contributed by atoms with Gasteiger partial charge in [-0.05, 0) is 44.1 Å². The summed E-state index contributed by atoms with van der Waals surface area (Å²) in [5.74, 6) is 3.32. The molecular formula is C22H37IN6OS. The molecular weight excluding hydrogens is 523 g/mol. The summed E-state index contributed by atoms with van der Waals surface area (Å²) >= 11 is 1.65. The summed E-state index contributed by atoms with van der Waals surface area (Å²) in [5.41, 5.74) is 1.14. The second-order valence-corrected chi connectivity index (χ2v) is 8.56. The second-order valence-electron chi connectivity index (χ2n) is 7.78. The summed E-state index contributed by atoms with van der Waals surface area (Å²) in [6, 6.07) is 8.07. The number of thioether (sulfide) groups is 1. The predicted molar refractivity (Wildman–Crippen MR) is 141 cm³/mol. The summed E-state index contributed by atoms with van der Waals surface area (Å²) in [6.07, 6.45) is 3.92. The lowest BCUT2D eigenvalue weighted by Gasteiger charge is -2.18. The van der Waals surface area contributed by atoms with Gasteiger partial charge in [0.2, 0.25) is 0 Å². The highest BCUT2D eigenvalue weighted by atomic mass is 127. The number of aromatic nitrogens is 3. The van der Waals surface area contributed by atoms with Crippen molar-refractivity contribution in [1.29, 1.82) is 0 Å². The molecule has 0 saturated heterocycles. The molecule has 0 aliphatic rings. The van der Waals surface area contributed by atoms with E-state index in [0.29, 0.717) is 12.5 Å². The molecule has 0 bridgehead atoms. The molecule has 2 N–H and O–H groups in total. The van der Waals surface area contributed by atoms with Gasteiger partial charge >= 0.3 is 0 Å². The smallest absolute Gasteiger partial charge is 0.191 e. The lowest BCUT2D eigenvalue weighted by atomic mass is 10.2. The first-order valence-corrected chi connectivity index (χ1v) is 11.8. The van der Waals surface area contributed by atoms with Crippen molar-refractivity contribution in [2.24, 2.45) is 10.9 Å². The number of halogens is 1. The summed E-state index contributed by atoms with van der Waals surface area (Å²) in [6.45, 7) is 11.0. The number of ether oxygens (including phenoxy) is 1. The molecule has 1 aromatic heterocycles. The van der Waals surface area contributed by atoms with Crippen molar-refractivity contribution < 1.29 is 4.74 Å². The van der Waals surface area contributed by atoms with E-state index in [0.717, 1.165) is 54.2 Å². The topological polar surface area (TPSA) is 76.4 Å². The Morgan fingerprint density at radius 2 is 1.94 bits per heavy atom. The molecule has 0 radical (unpaired) electrons. The van der Waals surface area contributed by atoms with Gasteiger partial charge in [0, 0.05) is 26.6 Å². The zero-order chi connectivity index (χ0) is 21.9. The van der Waals surface area contributed by atoms with E-state index in [-0.39, 0.29) is 30.1 Å². The molecule has 1 heterocycles. The van der Waals surface area contributed by atoms with Crippen molar-refractivity contribution in [2.75, 3.05) is 26.4 Å². The van der Waals surface area contributed by atoms with E-state index in [2.05, 4.69) is 64.2 Å². The molecule has 1 unspecified atom stereocenters. The molecule has 31 heavy (non-hydrogen) atoms. The van der Waals surface area contributed by atoms with Crippen LogP contribution < -0.4 is 15.4 Å². The van der Waals surface area contributed by atoms with Gasteiger partial charge in [0.05, 0.1) is 6.54 Å². The zero-order valence-electron chi connectivity index (χ0n) is 19.5. The summed E-state index contributed by atoms with van der Waals surface area (Å²) in [7, 11) is 1.78. The number of rotatable bonds is 11. The van der Waals surface area contributed by atoms with Gasteiger partial charge < -0.3 is 19.9 Å². The molecule has 174 valence electrons. The molecule has 0 amide bonds. The molecule has 0 spiro atoms. The third-order valence-corrected chi connectivity index (χ3v) is 5.26. The van der Waals surface area contributed by atoms with Crippen molar-refractivity contribution in [3.63, 3.8) is 0 Å². The largest absolute Gasteiger partial charge is 0.489 e. The van der Waals surface area contributed by atoms with Crippen LogP contribution in [-0.2, 0) is 13.0 Å². The first-order valence-electron chi connectivity index (χ1n) is 10.6. The van der Waals surface area contributed by atoms with Crippen LogP contribution in [0.1, 0.15) is 38.6 Å². The number of hydrogen-bond acceptors (Lipinski definition) is 5. The van der Waals surface area contributed by atoms with E-state index < -0.39 is 0 Å². The van der Waals surface area contributed by atoms with Crippen LogP contribution in [0.5, 0.6) is 5.75 Å². The van der Waals surface area contributed by atoms with Crippen LogP contribution in [0, 0.1) is 12.8 Å². The monoisotopic (exact) mass is 560 g/mol. The Balaban J connectivity index is 0.00000480. The van der Waals surface area contributed by atoms with Gasteiger partial charge in [-0.2, -0.15) is 0 Å². The Bertz CT molecular complexity index is 811. The van der Waals surface area contributed by atoms with Crippen LogP contribution in [0.4, 0.5) is 0 Å². The van der Waals surface area contributed by atoms with Crippen molar-refractivity contribution in [1.82, 2.24) is 25.4 Å². The van der Waals surface area contributed by atoms with Crippen LogP contribution in [0.15, 0.2) is 34.4 Å². The summed E-state index contributed by atoms with van der Waals surface area (Å²) in [4.78, 5) is 4.31. The highest BCUT2D eigenvalue weighted by molar-refractivity contribution is 14.0. The third kappa shape index (κ3) is 9.26. The number of aryl methyl sites for hydroxylation is 2. The number of nitrogens with zero attached hydrogens (tertiary/aromatic N) is 4. The minimum atomic E-state index is 0. The Kier molecular flexibility index (Phi) is 12.9. The average Bonchev–Trinajstić information content (AvgIpc) is 3.10. The highest BCUT2D eigenvalue weighted by Crippen LogP contribution is 2.18. The van der Waals surface area contributed by atoms with Crippen LogP contribution in [0.2, 0.25) is 0 Å². The van der Waals surface area contributed by atoms with Crippen molar-refractivity contribution >= 4 is 41.7 Å². The quantitative estimate of drug-likeness (QED) is 0.142. The van der Waals surface area contributed by atoms with E-state index in [1.54, 1.807) is 18.8 Å². The molecule has 0 aliphatic heterocycles. The fraction of sp³-hybridized carbons (Fsp3) is 0.591. The number of para-hydroxylation sites is 1. The molecule has 0 fully saturated rings. The Morgan fingerprint density at radius 1 is 1.19 bits per heavy atom. The zero-order valence-corrected chi connectivity index (χ0v) is 22.7. The fourth-order valence-electron chi connectivity index (χ4n) is 3.06. The Hall–Kier alpha value is -1.49. The van der Waals surface area contributed by atoms with E-state index in [4.69, 9.17) is 4.74 Å². The molecule has 2 aromatic rings. The molecule has 1 atom stereocenters. The highest BCUT2D eigenvalue weighted by Gasteiger charge is 2.12. The molecule has 7 nitrogen and oxygen atoms in total. The van der Waals surface area contributed by atoms with E-state index in [1.165, 1.54) is 0 Å². The van der Waals surface area contributed by atoms with Crippen LogP contribution in [0.25, 0.3) is 0 Å². The number of aliphatic imine (C=N–C) groups is 1. The van der Waals surface area contributed by atoms with Gasteiger partial charge in [0.25, 0.3) is 0 Å². The van der Waals surface area contributed by atoms with Crippen LogP contribution >= 0.6 is 35.7 Å². The standard InChI is InChI=1S/C22H36N6OS.HI/c1-16(2)15-28-20(26-27-22(28)30-6)12-9-13-24-21(23-5)25-14-18(4)29-19-11-8-7-10-17(19)3;/h7-8,10-11,16,18H,9,12-15H2,1-6H3,(H2,23,24,25);1H. The third-order valence-electron chi connectivity index (χ3n) is 4.60. The Labute approximate surface area is 208 Å². The SMILES string of the molecule is CN=C(NCCCc1nnc(SC)n1CC(C)C)NCC(C)Oc1ccccc1C.I. The predicted octanol–water partition coefficient (Wildman–Crippen LogP) is 4.15. The van der Waals surface area contributed by atoms with Gasteiger partial charge in [0.15, 0.2) is 11.1 Å². The molecule has 0 saturated carbocycles. The van der Waals surface area contributed by atoms with Gasteiger partial charge in [-0.1, -0.05) is 43.8 Å². The maximum atomic E-state index is 6.02. The number of nitrogens with one attached hydrogen (secondary N) is 2. The number of hydrogen-bond donors (Lipinski definition) is 2. The molecule has 1 aromatic carbocycles. The van der Waals surface area contributed by atoms with Gasteiger partial charge in [-0.25, -0.2) is 0 Å². The number of benzene rings is 1. The lowest BCUT2D eigenvalue weighted by molar-refractivity contribution is 0.222. The van der Waals surface area contributed by atoms with Crippen LogP contribution in [0.3, 0.4) is 0 Å². The fourth-order valence-corrected chi connectivity index (χ4v) is 3.59. The minimum absolute atomic E-state index is 0. The van der Waals surface area contributed by atoms with Crippen LogP contribution in [-0.4, -0.2) is 53.2 Å². The van der Waals surface area contributed by atoms with Gasteiger partial charge in [-0.15, -0.1) is 34.2 Å². The lowest BCUT2D eigenvalue weighted by Crippen LogP contribution is -2.42. The second kappa shape index (κ2) is 14.5. The molecule has 2 rings (SSSR count). The van der Waals surface area contributed by atoms with E-state index >= 15 is 0 Å². The minimum Gasteiger partial charge on any atom is -0.489 e. The van der Waals surface area contributed by atoms with Gasteiger partial charge in [-0.3, -0.25) is 4.99 Å². The maximum Gasteiger partial charge on any atom is 0.191 e. The normalized spacial score (nSPS) is 12.4. The van der Waals surface area contributed by atoms with E-state index in [1.807, 2.05) is 24.5 Å².